The van der Waals surface area contributed by atoms with Gasteiger partial charge in [0.2, 0.25) is 0 Å². The van der Waals surface area contributed by atoms with Gasteiger partial charge in [-0.05, 0) is 53.8 Å². The number of anilines is 1. The molecule has 0 saturated carbocycles. The zero-order chi connectivity index (χ0) is 22.4. The fraction of sp³-hybridized carbons (Fsp3) is 0.208. The van der Waals surface area contributed by atoms with Crippen LogP contribution in [0.15, 0.2) is 77.7 Å². The van der Waals surface area contributed by atoms with E-state index in [0.29, 0.717) is 18.9 Å². The molecular formula is C24H25ClN2O3S. The van der Waals surface area contributed by atoms with Crippen LogP contribution >= 0.6 is 11.6 Å². The van der Waals surface area contributed by atoms with Crippen LogP contribution in [0.4, 0.5) is 5.69 Å². The molecule has 0 aliphatic carbocycles. The van der Waals surface area contributed by atoms with Gasteiger partial charge in [-0.1, -0.05) is 67.9 Å². The second-order valence-electron chi connectivity index (χ2n) is 7.52. The molecule has 0 aliphatic heterocycles. The van der Waals surface area contributed by atoms with Crippen molar-refractivity contribution in [1.82, 2.24) is 5.32 Å². The van der Waals surface area contributed by atoms with Crippen LogP contribution in [0.1, 0.15) is 41.3 Å². The van der Waals surface area contributed by atoms with Crippen LogP contribution in [-0.4, -0.2) is 20.9 Å². The summed E-state index contributed by atoms with van der Waals surface area (Å²) in [4.78, 5) is 12.8. The Morgan fingerprint density at radius 3 is 2.29 bits per heavy atom. The summed E-state index contributed by atoms with van der Waals surface area (Å²) in [5.41, 5.74) is 2.88. The van der Waals surface area contributed by atoms with Gasteiger partial charge in [0.15, 0.2) is 0 Å². The number of carbonyl (C=O) groups excluding carboxylic acids is 1. The van der Waals surface area contributed by atoms with Crippen LogP contribution in [0.3, 0.4) is 0 Å². The molecule has 1 amide bonds. The van der Waals surface area contributed by atoms with E-state index in [9.17, 15) is 13.2 Å². The van der Waals surface area contributed by atoms with Gasteiger partial charge in [-0.3, -0.25) is 9.52 Å². The van der Waals surface area contributed by atoms with E-state index in [-0.39, 0.29) is 27.1 Å². The summed E-state index contributed by atoms with van der Waals surface area (Å²) in [6, 6.07) is 20.8. The van der Waals surface area contributed by atoms with Crippen molar-refractivity contribution in [2.75, 3.05) is 11.3 Å². The molecule has 0 heterocycles. The fourth-order valence-corrected chi connectivity index (χ4v) is 4.34. The van der Waals surface area contributed by atoms with Gasteiger partial charge in [-0.2, -0.15) is 0 Å². The average molecular weight is 457 g/mol. The van der Waals surface area contributed by atoms with E-state index in [0.717, 1.165) is 5.56 Å². The predicted octanol–water partition coefficient (Wildman–Crippen LogP) is 5.24. The maximum absolute atomic E-state index is 12.6. The molecule has 0 fully saturated rings. The van der Waals surface area contributed by atoms with Crippen LogP contribution in [0.25, 0.3) is 0 Å². The van der Waals surface area contributed by atoms with Crippen molar-refractivity contribution in [1.29, 1.82) is 0 Å². The number of sulfonamides is 1. The molecule has 7 heteroatoms. The van der Waals surface area contributed by atoms with Crippen molar-refractivity contribution in [3.05, 3.63) is 94.5 Å². The number of nitrogens with one attached hydrogen (secondary N) is 2. The van der Waals surface area contributed by atoms with E-state index in [1.54, 1.807) is 18.2 Å². The third kappa shape index (κ3) is 6.09. The van der Waals surface area contributed by atoms with E-state index in [2.05, 4.69) is 48.2 Å². The lowest BCUT2D eigenvalue weighted by Crippen LogP contribution is -2.26. The molecule has 0 bridgehead atoms. The molecule has 0 atom stereocenters. The standard InChI is InChI=1S/C24H25ClN2O3S/c1-17(2)19-10-8-18(9-11-19)14-15-26-24(28)22-16-20(12-13-23(22)25)27-31(29,30)21-6-4-3-5-7-21/h3-13,16-17,27H,14-15H2,1-2H3,(H,26,28). The minimum Gasteiger partial charge on any atom is -0.352 e. The van der Waals surface area contributed by atoms with Gasteiger partial charge in [-0.15, -0.1) is 0 Å². The smallest absolute Gasteiger partial charge is 0.261 e. The van der Waals surface area contributed by atoms with Crippen molar-refractivity contribution in [2.24, 2.45) is 0 Å². The van der Waals surface area contributed by atoms with Crippen molar-refractivity contribution in [2.45, 2.75) is 31.1 Å². The molecule has 0 aliphatic rings. The Labute approximate surface area is 188 Å². The second-order valence-corrected chi connectivity index (χ2v) is 9.60. The number of amides is 1. The highest BCUT2D eigenvalue weighted by Crippen LogP contribution is 2.23. The third-order valence-corrected chi connectivity index (χ3v) is 6.59. The topological polar surface area (TPSA) is 75.3 Å². The van der Waals surface area contributed by atoms with Gasteiger partial charge in [0, 0.05) is 12.2 Å². The number of hydrogen-bond acceptors (Lipinski definition) is 3. The number of halogens is 1. The summed E-state index contributed by atoms with van der Waals surface area (Å²) in [5.74, 6) is 0.118. The molecule has 3 aromatic carbocycles. The van der Waals surface area contributed by atoms with Crippen LogP contribution in [0.5, 0.6) is 0 Å². The Morgan fingerprint density at radius 1 is 0.968 bits per heavy atom. The quantitative estimate of drug-likeness (QED) is 0.487. The highest BCUT2D eigenvalue weighted by molar-refractivity contribution is 7.92. The van der Waals surface area contributed by atoms with Gasteiger partial charge < -0.3 is 5.32 Å². The molecule has 0 spiro atoms. The van der Waals surface area contributed by atoms with Crippen molar-refractivity contribution in [3.63, 3.8) is 0 Å². The summed E-state index contributed by atoms with van der Waals surface area (Å²) in [7, 11) is -3.76. The maximum atomic E-state index is 12.6. The van der Waals surface area contributed by atoms with E-state index in [4.69, 9.17) is 11.6 Å². The zero-order valence-corrected chi connectivity index (χ0v) is 19.0. The van der Waals surface area contributed by atoms with Gasteiger partial charge in [-0.25, -0.2) is 8.42 Å². The molecule has 162 valence electrons. The van der Waals surface area contributed by atoms with Gasteiger partial charge in [0.1, 0.15) is 0 Å². The van der Waals surface area contributed by atoms with E-state index < -0.39 is 10.0 Å². The SMILES string of the molecule is CC(C)c1ccc(CCNC(=O)c2cc(NS(=O)(=O)c3ccccc3)ccc2Cl)cc1. The van der Waals surface area contributed by atoms with Gasteiger partial charge >= 0.3 is 0 Å². The van der Waals surface area contributed by atoms with Crippen molar-refractivity contribution >= 4 is 33.2 Å². The first-order valence-electron chi connectivity index (χ1n) is 10.0. The van der Waals surface area contributed by atoms with Crippen LogP contribution in [0, 0.1) is 0 Å². The lowest BCUT2D eigenvalue weighted by atomic mass is 10.0. The Balaban J connectivity index is 1.64. The summed E-state index contributed by atoms with van der Waals surface area (Å²) in [5, 5.41) is 3.10. The zero-order valence-electron chi connectivity index (χ0n) is 17.4. The van der Waals surface area contributed by atoms with Crippen LogP contribution < -0.4 is 10.0 Å². The lowest BCUT2D eigenvalue weighted by Gasteiger charge is -2.12. The van der Waals surface area contributed by atoms with E-state index in [1.165, 1.54) is 35.9 Å². The van der Waals surface area contributed by atoms with Gasteiger partial charge in [0.05, 0.1) is 15.5 Å². The first kappa shape index (κ1) is 22.8. The highest BCUT2D eigenvalue weighted by Gasteiger charge is 2.16. The molecule has 0 unspecified atom stereocenters. The molecule has 2 N–H and O–H groups in total. The van der Waals surface area contributed by atoms with Crippen LogP contribution in [-0.2, 0) is 16.4 Å². The Morgan fingerprint density at radius 2 is 1.65 bits per heavy atom. The minimum atomic E-state index is -3.76. The second kappa shape index (κ2) is 9.98. The monoisotopic (exact) mass is 456 g/mol. The number of hydrogen-bond donors (Lipinski definition) is 2. The van der Waals surface area contributed by atoms with Crippen molar-refractivity contribution < 1.29 is 13.2 Å². The van der Waals surface area contributed by atoms with Crippen LogP contribution in [0.2, 0.25) is 5.02 Å². The normalized spacial score (nSPS) is 11.4. The van der Waals surface area contributed by atoms with E-state index >= 15 is 0 Å². The molecule has 0 saturated heterocycles. The Kier molecular flexibility index (Phi) is 7.36. The molecule has 0 aromatic heterocycles. The number of benzene rings is 3. The first-order valence-corrected chi connectivity index (χ1v) is 11.9. The molecule has 31 heavy (non-hydrogen) atoms. The molecule has 3 rings (SSSR count). The predicted molar refractivity (Wildman–Crippen MR) is 125 cm³/mol. The molecule has 0 radical (unpaired) electrons. The molecule has 5 nitrogen and oxygen atoms in total. The molecule has 3 aromatic rings. The summed E-state index contributed by atoms with van der Waals surface area (Å²) >= 11 is 6.18. The summed E-state index contributed by atoms with van der Waals surface area (Å²) in [6.07, 6.45) is 0.683. The minimum absolute atomic E-state index is 0.138. The van der Waals surface area contributed by atoms with E-state index in [1.807, 2.05) is 0 Å². The van der Waals surface area contributed by atoms with Crippen molar-refractivity contribution in [3.8, 4) is 0 Å². The Hall–Kier alpha value is -2.83. The number of rotatable bonds is 8. The molecular weight excluding hydrogens is 432 g/mol. The maximum Gasteiger partial charge on any atom is 0.261 e. The summed E-state index contributed by atoms with van der Waals surface area (Å²) < 4.78 is 27.5. The Bertz CT molecular complexity index is 1150. The fourth-order valence-electron chi connectivity index (χ4n) is 3.06. The summed E-state index contributed by atoms with van der Waals surface area (Å²) in [6.45, 7) is 4.73. The highest BCUT2D eigenvalue weighted by atomic mass is 35.5. The van der Waals surface area contributed by atoms with Gasteiger partial charge in [0.25, 0.3) is 15.9 Å². The average Bonchev–Trinajstić information content (AvgIpc) is 2.76. The number of carbonyl (C=O) groups is 1. The largest absolute Gasteiger partial charge is 0.352 e. The third-order valence-electron chi connectivity index (χ3n) is 4.86. The lowest BCUT2D eigenvalue weighted by molar-refractivity contribution is 0.0954. The first-order chi connectivity index (χ1) is 14.8.